The molecule has 0 unspecified atom stereocenters. The first-order chi connectivity index (χ1) is 8.98. The van der Waals surface area contributed by atoms with E-state index in [0.29, 0.717) is 12.8 Å². The molecule has 2 aliphatic carbocycles. The van der Waals surface area contributed by atoms with Crippen LogP contribution in [0.3, 0.4) is 0 Å². The van der Waals surface area contributed by atoms with Gasteiger partial charge in [-0.05, 0) is 23.8 Å². The third-order valence-corrected chi connectivity index (χ3v) is 4.18. The first kappa shape index (κ1) is 12.6. The zero-order valence-corrected chi connectivity index (χ0v) is 10.6. The number of esters is 1. The molecular formula is C15H16F2O2. The van der Waals surface area contributed by atoms with Gasteiger partial charge in [0.15, 0.2) is 0 Å². The van der Waals surface area contributed by atoms with Crippen LogP contribution < -0.4 is 0 Å². The number of ether oxygens (including phenoxy) is 1. The lowest BCUT2D eigenvalue weighted by atomic mass is 9.50. The molecule has 0 N–H and O–H groups in total. The van der Waals surface area contributed by atoms with Crippen LogP contribution in [0.5, 0.6) is 0 Å². The van der Waals surface area contributed by atoms with Crippen LogP contribution >= 0.6 is 0 Å². The quantitative estimate of drug-likeness (QED) is 0.782. The van der Waals surface area contributed by atoms with Crippen LogP contribution in [0.15, 0.2) is 30.3 Å². The fourth-order valence-corrected chi connectivity index (χ4v) is 3.33. The van der Waals surface area contributed by atoms with Gasteiger partial charge in [-0.2, -0.15) is 0 Å². The summed E-state index contributed by atoms with van der Waals surface area (Å²) in [6.07, 6.45) is 1.03. The molecule has 4 heteroatoms. The van der Waals surface area contributed by atoms with Gasteiger partial charge in [-0.25, -0.2) is 8.78 Å². The van der Waals surface area contributed by atoms with Gasteiger partial charge < -0.3 is 4.74 Å². The van der Waals surface area contributed by atoms with Gasteiger partial charge in [-0.1, -0.05) is 30.3 Å². The van der Waals surface area contributed by atoms with E-state index in [4.69, 9.17) is 4.74 Å². The Bertz CT molecular complexity index is 468. The van der Waals surface area contributed by atoms with E-state index in [1.165, 1.54) is 0 Å². The molecule has 0 aromatic heterocycles. The maximum atomic E-state index is 12.8. The Morgan fingerprint density at radius 2 is 1.84 bits per heavy atom. The van der Waals surface area contributed by atoms with Crippen LogP contribution in [0.25, 0.3) is 0 Å². The summed E-state index contributed by atoms with van der Waals surface area (Å²) < 4.78 is 30.9. The summed E-state index contributed by atoms with van der Waals surface area (Å²) in [4.78, 5) is 11.8. The number of hydrogen-bond donors (Lipinski definition) is 0. The average Bonchev–Trinajstić information content (AvgIpc) is 2.31. The third kappa shape index (κ3) is 2.48. The second-order valence-electron chi connectivity index (χ2n) is 5.91. The topological polar surface area (TPSA) is 26.3 Å². The van der Waals surface area contributed by atoms with Crippen LogP contribution in [0.2, 0.25) is 0 Å². The number of benzene rings is 1. The van der Waals surface area contributed by atoms with E-state index in [9.17, 15) is 13.6 Å². The molecule has 0 aliphatic heterocycles. The van der Waals surface area contributed by atoms with Crippen molar-refractivity contribution in [2.75, 3.05) is 0 Å². The van der Waals surface area contributed by atoms with E-state index < -0.39 is 5.92 Å². The first-order valence-corrected chi connectivity index (χ1v) is 6.57. The van der Waals surface area contributed by atoms with Crippen molar-refractivity contribution in [3.05, 3.63) is 35.9 Å². The number of hydrogen-bond acceptors (Lipinski definition) is 2. The van der Waals surface area contributed by atoms with Gasteiger partial charge >= 0.3 is 5.97 Å². The molecule has 3 rings (SSSR count). The fraction of sp³-hybridized carbons (Fsp3) is 0.533. The smallest absolute Gasteiger partial charge is 0.309 e. The molecule has 1 aromatic carbocycles. The molecule has 19 heavy (non-hydrogen) atoms. The highest BCUT2D eigenvalue weighted by Gasteiger charge is 2.63. The number of carbonyl (C=O) groups is 1. The first-order valence-electron chi connectivity index (χ1n) is 6.57. The highest BCUT2D eigenvalue weighted by molar-refractivity contribution is 5.74. The van der Waals surface area contributed by atoms with E-state index in [2.05, 4.69) is 0 Å². The number of halogens is 2. The van der Waals surface area contributed by atoms with Crippen molar-refractivity contribution in [1.82, 2.24) is 0 Å². The van der Waals surface area contributed by atoms with Crippen LogP contribution in [0, 0.1) is 11.3 Å². The Hall–Kier alpha value is -1.45. The van der Waals surface area contributed by atoms with Crippen LogP contribution in [0.1, 0.15) is 31.2 Å². The molecule has 2 aliphatic rings. The Kier molecular flexibility index (Phi) is 2.84. The number of alkyl halides is 2. The lowest BCUT2D eigenvalue weighted by Crippen LogP contribution is -2.55. The van der Waals surface area contributed by atoms with E-state index in [1.54, 1.807) is 0 Å². The Morgan fingerprint density at radius 1 is 1.21 bits per heavy atom. The van der Waals surface area contributed by atoms with Crippen LogP contribution in [-0.2, 0) is 16.1 Å². The second-order valence-corrected chi connectivity index (χ2v) is 5.91. The van der Waals surface area contributed by atoms with Crippen molar-refractivity contribution in [3.8, 4) is 0 Å². The van der Waals surface area contributed by atoms with Crippen LogP contribution in [-0.4, -0.2) is 11.9 Å². The minimum absolute atomic E-state index is 0.0531. The predicted octanol–water partition coefficient (Wildman–Crippen LogP) is 3.56. The van der Waals surface area contributed by atoms with Crippen molar-refractivity contribution >= 4 is 5.97 Å². The molecule has 2 saturated carbocycles. The summed E-state index contributed by atoms with van der Waals surface area (Å²) in [6, 6.07) is 9.46. The molecule has 0 bridgehead atoms. The van der Waals surface area contributed by atoms with Crippen molar-refractivity contribution < 1.29 is 18.3 Å². The van der Waals surface area contributed by atoms with E-state index in [-0.39, 0.29) is 36.8 Å². The van der Waals surface area contributed by atoms with E-state index >= 15 is 0 Å². The fourth-order valence-electron chi connectivity index (χ4n) is 3.33. The second kappa shape index (κ2) is 4.29. The minimum Gasteiger partial charge on any atom is -0.461 e. The van der Waals surface area contributed by atoms with Gasteiger partial charge in [0.2, 0.25) is 5.92 Å². The van der Waals surface area contributed by atoms with Gasteiger partial charge in [0.1, 0.15) is 6.61 Å². The summed E-state index contributed by atoms with van der Waals surface area (Å²) in [7, 11) is 0. The van der Waals surface area contributed by atoms with Gasteiger partial charge in [0.25, 0.3) is 0 Å². The lowest BCUT2D eigenvalue weighted by molar-refractivity contribution is -0.214. The summed E-state index contributed by atoms with van der Waals surface area (Å²) >= 11 is 0. The monoisotopic (exact) mass is 266 g/mol. The third-order valence-electron chi connectivity index (χ3n) is 4.18. The summed E-state index contributed by atoms with van der Waals surface area (Å²) in [6.45, 7) is 0.263. The molecule has 0 atom stereocenters. The largest absolute Gasteiger partial charge is 0.461 e. The Morgan fingerprint density at radius 3 is 2.42 bits per heavy atom. The molecule has 2 nitrogen and oxygen atoms in total. The summed E-state index contributed by atoms with van der Waals surface area (Å²) in [5, 5.41) is 0. The maximum Gasteiger partial charge on any atom is 0.309 e. The zero-order valence-electron chi connectivity index (χ0n) is 10.6. The number of rotatable bonds is 3. The molecule has 0 amide bonds. The SMILES string of the molecule is O=C(OCc1ccccc1)C1CC2(C1)CC(F)(F)C2. The normalized spacial score (nSPS) is 23.5. The van der Waals surface area contributed by atoms with Crippen molar-refractivity contribution in [1.29, 1.82) is 0 Å². The summed E-state index contributed by atoms with van der Waals surface area (Å²) in [5.41, 5.74) is 0.681. The van der Waals surface area contributed by atoms with Gasteiger partial charge in [0, 0.05) is 12.8 Å². The van der Waals surface area contributed by atoms with Crippen LogP contribution in [0.4, 0.5) is 8.78 Å². The molecule has 1 spiro atoms. The maximum absolute atomic E-state index is 12.8. The van der Waals surface area contributed by atoms with Crippen molar-refractivity contribution in [3.63, 3.8) is 0 Å². The Labute approximate surface area is 110 Å². The zero-order chi connectivity index (χ0) is 13.5. The molecular weight excluding hydrogens is 250 g/mol. The van der Waals surface area contributed by atoms with Gasteiger partial charge in [-0.15, -0.1) is 0 Å². The molecule has 2 fully saturated rings. The van der Waals surface area contributed by atoms with Crippen molar-refractivity contribution in [2.45, 2.75) is 38.2 Å². The van der Waals surface area contributed by atoms with E-state index in [1.807, 2.05) is 30.3 Å². The molecule has 102 valence electrons. The Balaban J connectivity index is 1.44. The molecule has 0 radical (unpaired) electrons. The van der Waals surface area contributed by atoms with Crippen molar-refractivity contribution in [2.24, 2.45) is 11.3 Å². The minimum atomic E-state index is -2.50. The van der Waals surface area contributed by atoms with Gasteiger partial charge in [0.05, 0.1) is 5.92 Å². The number of carbonyl (C=O) groups excluding carboxylic acids is 1. The molecule has 1 aromatic rings. The molecule has 0 saturated heterocycles. The highest BCUT2D eigenvalue weighted by Crippen LogP contribution is 2.64. The highest BCUT2D eigenvalue weighted by atomic mass is 19.3. The standard InChI is InChI=1S/C15H16F2O2/c16-15(17)9-14(10-15)6-12(7-14)13(18)19-8-11-4-2-1-3-5-11/h1-5,12H,6-10H2. The molecule has 0 heterocycles. The van der Waals surface area contributed by atoms with E-state index in [0.717, 1.165) is 5.56 Å². The summed E-state index contributed by atoms with van der Waals surface area (Å²) in [5.74, 6) is -2.93. The lowest BCUT2D eigenvalue weighted by Gasteiger charge is -2.56. The average molecular weight is 266 g/mol. The predicted molar refractivity (Wildman–Crippen MR) is 65.6 cm³/mol. The van der Waals surface area contributed by atoms with Gasteiger partial charge in [-0.3, -0.25) is 4.79 Å².